The van der Waals surface area contributed by atoms with Gasteiger partial charge in [-0.05, 0) is 81.7 Å². The van der Waals surface area contributed by atoms with Crippen LogP contribution in [0.2, 0.25) is 0 Å². The molecule has 3 heterocycles. The Morgan fingerprint density at radius 1 is 0.946 bits per heavy atom. The Hall–Kier alpha value is -4.04. The molecule has 1 aliphatic heterocycles. The Balaban J connectivity index is 1.53. The van der Waals surface area contributed by atoms with Crippen LogP contribution in [-0.4, -0.2) is 69.1 Å². The van der Waals surface area contributed by atoms with Crippen LogP contribution in [0.15, 0.2) is 42.7 Å². The van der Waals surface area contributed by atoms with Gasteiger partial charge in [0, 0.05) is 0 Å². The molecule has 1 aliphatic carbocycles. The molecule has 6 atom stereocenters. The quantitative estimate of drug-likeness (QED) is 0.0982. The lowest BCUT2D eigenvalue weighted by atomic mass is 9.84. The van der Waals surface area contributed by atoms with Crippen molar-refractivity contribution >= 4 is 37.0 Å². The van der Waals surface area contributed by atoms with E-state index in [9.17, 15) is 18.9 Å². The number of carbonyl (C=O) groups is 3. The van der Waals surface area contributed by atoms with E-state index in [2.05, 4.69) is 35.9 Å². The van der Waals surface area contributed by atoms with Crippen molar-refractivity contribution in [3.05, 3.63) is 54.0 Å². The molecule has 3 N–H and O–H groups in total. The number of aromatic nitrogens is 3. The highest BCUT2D eigenvalue weighted by Crippen LogP contribution is 2.52. The first-order valence-electron chi connectivity index (χ1n) is 19.4. The maximum atomic E-state index is 14.9. The van der Waals surface area contributed by atoms with Crippen molar-refractivity contribution < 1.29 is 46.9 Å². The summed E-state index contributed by atoms with van der Waals surface area (Å²) in [6.07, 6.45) is 3.06. The fourth-order valence-electron chi connectivity index (χ4n) is 7.00. The zero-order valence-electron chi connectivity index (χ0n) is 34.2. The number of anilines is 1. The van der Waals surface area contributed by atoms with Gasteiger partial charge in [-0.3, -0.25) is 18.9 Å². The van der Waals surface area contributed by atoms with Crippen LogP contribution in [0.3, 0.4) is 0 Å². The van der Waals surface area contributed by atoms with Gasteiger partial charge >= 0.3 is 25.7 Å². The van der Waals surface area contributed by atoms with Gasteiger partial charge in [0.1, 0.15) is 41.4 Å². The van der Waals surface area contributed by atoms with Crippen molar-refractivity contribution in [3.63, 3.8) is 0 Å². The Morgan fingerprint density at radius 3 is 2.20 bits per heavy atom. The molecule has 1 saturated carbocycles. The number of ether oxygens (including phenoxy) is 4. The van der Waals surface area contributed by atoms with Gasteiger partial charge in [-0.2, -0.15) is 10.2 Å². The number of rotatable bonds is 14. The molecule has 16 heteroatoms. The molecule has 2 fully saturated rings. The van der Waals surface area contributed by atoms with Crippen molar-refractivity contribution in [2.75, 3.05) is 12.3 Å². The maximum Gasteiger partial charge on any atom is 0.459 e. The van der Waals surface area contributed by atoms with Crippen LogP contribution in [-0.2, 0) is 53.4 Å². The number of nitrogens with one attached hydrogen (secondary N) is 1. The summed E-state index contributed by atoms with van der Waals surface area (Å²) in [4.78, 5) is 44.3. The molecule has 2 aromatic heterocycles. The van der Waals surface area contributed by atoms with Crippen LogP contribution < -0.4 is 15.3 Å². The third kappa shape index (κ3) is 9.39. The minimum absolute atomic E-state index is 0.155. The van der Waals surface area contributed by atoms with E-state index in [0.29, 0.717) is 11.2 Å². The number of nitrogen functional groups attached to an aromatic ring is 1. The summed E-state index contributed by atoms with van der Waals surface area (Å²) in [7, 11) is -4.45. The van der Waals surface area contributed by atoms with E-state index in [1.807, 2.05) is 12.1 Å². The Bertz CT molecular complexity index is 1920. The Morgan fingerprint density at radius 2 is 1.59 bits per heavy atom. The molecule has 1 aromatic carbocycles. The molecule has 0 bridgehead atoms. The van der Waals surface area contributed by atoms with E-state index >= 15 is 0 Å². The summed E-state index contributed by atoms with van der Waals surface area (Å²) in [5.41, 5.74) is 4.64. The molecule has 56 heavy (non-hydrogen) atoms. The Labute approximate surface area is 329 Å². The first kappa shape index (κ1) is 43.1. The number of nitrogens with zero attached hydrogens (tertiary/aromatic N) is 3. The van der Waals surface area contributed by atoms with Gasteiger partial charge in [0.05, 0.1) is 24.1 Å². The molecule has 308 valence electrons. The number of carbonyl (C=O) groups excluding carboxylic acids is 3. The predicted molar refractivity (Wildman–Crippen MR) is 209 cm³/mol. The number of nitrogens with two attached hydrogens (primary N) is 1. The van der Waals surface area contributed by atoms with Gasteiger partial charge in [0.2, 0.25) is 0 Å². The van der Waals surface area contributed by atoms with Gasteiger partial charge in [0.25, 0.3) is 0 Å². The number of esters is 3. The van der Waals surface area contributed by atoms with Crippen LogP contribution in [0, 0.1) is 11.8 Å². The van der Waals surface area contributed by atoms with E-state index in [-0.39, 0.29) is 23.1 Å². The molecule has 2 aliphatic rings. The molecule has 0 amide bonds. The van der Waals surface area contributed by atoms with Crippen molar-refractivity contribution in [1.29, 1.82) is 0 Å². The standard InChI is InChI=1S/C40H58N5O10P/c1-24(2)34(46)52-37-39(9,31-21-20-30-33(41)42-23-43-45(30)31)53-32(40(37,10)54-35(47)25(3)4)22-50-56(49,55-29-18-16-27(17-19-29)38(6,7)8)44-26(5)36(48)51-28-14-12-11-13-15-28/h16-21,23-26,28,32,37H,11-15,22H2,1-10H3,(H,44,49)(H2,41,42,43)/t26-,32+,37-,39-,40-,56?/m0/s1. The summed E-state index contributed by atoms with van der Waals surface area (Å²) >= 11 is 0. The first-order chi connectivity index (χ1) is 26.2. The average molecular weight is 800 g/mol. The number of hydrogen-bond donors (Lipinski definition) is 2. The van der Waals surface area contributed by atoms with Gasteiger partial charge in [-0.15, -0.1) is 0 Å². The lowest BCUT2D eigenvalue weighted by molar-refractivity contribution is -0.190. The lowest BCUT2D eigenvalue weighted by Gasteiger charge is -2.37. The second kappa shape index (κ2) is 16.8. The molecule has 5 rings (SSSR count). The first-order valence-corrected chi connectivity index (χ1v) is 20.9. The van der Waals surface area contributed by atoms with Gasteiger partial charge in [-0.25, -0.2) is 14.1 Å². The summed E-state index contributed by atoms with van der Waals surface area (Å²) in [6, 6.07) is 9.38. The summed E-state index contributed by atoms with van der Waals surface area (Å²) < 4.78 is 53.6. The molecule has 3 aromatic rings. The van der Waals surface area contributed by atoms with Gasteiger partial charge in [0.15, 0.2) is 17.5 Å². The van der Waals surface area contributed by atoms with Crippen molar-refractivity contribution in [3.8, 4) is 5.75 Å². The fraction of sp³-hybridized carbons (Fsp3) is 0.625. The molecular weight excluding hydrogens is 741 g/mol. The summed E-state index contributed by atoms with van der Waals surface area (Å²) in [6.45, 7) is 17.2. The SMILES string of the molecule is CC(C)C(=O)O[C@@H]1[C@@](C)(OC(=O)C(C)C)[C@@H](COP(=O)(N[C@@H](C)C(=O)OC2CCCCC2)Oc2ccc(C(C)(C)C)cc2)O[C@@]1(C)c1ccc2c(N)ncnn12. The van der Waals surface area contributed by atoms with E-state index < -0.39 is 73.5 Å². The second-order valence-corrected chi connectivity index (χ2v) is 18.5. The predicted octanol–water partition coefficient (Wildman–Crippen LogP) is 6.81. The molecular formula is C40H58N5O10P. The second-order valence-electron chi connectivity index (χ2n) is 16.8. The highest BCUT2D eigenvalue weighted by Gasteiger charge is 2.66. The number of fused-ring (bicyclic) bond motifs is 1. The lowest BCUT2D eigenvalue weighted by Crippen LogP contribution is -2.55. The largest absolute Gasteiger partial charge is 0.461 e. The van der Waals surface area contributed by atoms with Crippen LogP contribution in [0.25, 0.3) is 5.52 Å². The zero-order valence-corrected chi connectivity index (χ0v) is 35.1. The van der Waals surface area contributed by atoms with Crippen molar-refractivity contribution in [2.45, 2.75) is 142 Å². The van der Waals surface area contributed by atoms with Crippen LogP contribution >= 0.6 is 7.75 Å². The zero-order chi connectivity index (χ0) is 41.2. The van der Waals surface area contributed by atoms with E-state index in [1.165, 1.54) is 17.8 Å². The summed E-state index contributed by atoms with van der Waals surface area (Å²) in [5.74, 6) is -2.49. The molecule has 1 saturated heterocycles. The molecule has 0 spiro atoms. The van der Waals surface area contributed by atoms with Crippen molar-refractivity contribution in [1.82, 2.24) is 19.7 Å². The van der Waals surface area contributed by atoms with Crippen LogP contribution in [0.1, 0.15) is 113 Å². The topological polar surface area (TPSA) is 192 Å². The highest BCUT2D eigenvalue weighted by atomic mass is 31.2. The number of benzene rings is 1. The normalized spacial score (nSPS) is 24.9. The average Bonchev–Trinajstić information content (AvgIpc) is 3.66. The van der Waals surface area contributed by atoms with Crippen LogP contribution in [0.4, 0.5) is 5.82 Å². The van der Waals surface area contributed by atoms with Crippen molar-refractivity contribution in [2.24, 2.45) is 11.8 Å². The minimum atomic E-state index is -4.45. The molecule has 0 radical (unpaired) electrons. The van der Waals surface area contributed by atoms with E-state index in [1.54, 1.807) is 65.8 Å². The third-order valence-corrected chi connectivity index (χ3v) is 12.1. The monoisotopic (exact) mass is 799 g/mol. The third-order valence-electron chi connectivity index (χ3n) is 10.4. The highest BCUT2D eigenvalue weighted by molar-refractivity contribution is 7.52. The number of hydrogen-bond acceptors (Lipinski definition) is 13. The molecule has 1 unspecified atom stereocenters. The van der Waals surface area contributed by atoms with Crippen LogP contribution in [0.5, 0.6) is 5.75 Å². The molecule has 15 nitrogen and oxygen atoms in total. The van der Waals surface area contributed by atoms with E-state index in [4.69, 9.17) is 33.7 Å². The summed E-state index contributed by atoms with van der Waals surface area (Å²) in [5, 5.41) is 7.17. The minimum Gasteiger partial charge on any atom is -0.461 e. The Kier molecular flexibility index (Phi) is 12.9. The van der Waals surface area contributed by atoms with Gasteiger partial charge < -0.3 is 29.2 Å². The maximum absolute atomic E-state index is 14.9. The fourth-order valence-corrected chi connectivity index (χ4v) is 8.49. The smallest absolute Gasteiger partial charge is 0.459 e. The van der Waals surface area contributed by atoms with Gasteiger partial charge in [-0.1, -0.05) is 67.0 Å². The van der Waals surface area contributed by atoms with E-state index in [0.717, 1.165) is 37.7 Å².